The van der Waals surface area contributed by atoms with E-state index in [-0.39, 0.29) is 35.5 Å². The maximum Gasteiger partial charge on any atom is 0.226 e. The molecule has 2 amide bonds. The van der Waals surface area contributed by atoms with E-state index in [1.807, 2.05) is 20.8 Å². The lowest BCUT2D eigenvalue weighted by molar-refractivity contribution is -0.135. The Morgan fingerprint density at radius 1 is 1.17 bits per heavy atom. The Morgan fingerprint density at radius 2 is 1.74 bits per heavy atom. The Hall–Kier alpha value is -1.91. The Bertz CT molecular complexity index is 555. The number of nitrogens with one attached hydrogen (secondary N) is 1. The summed E-state index contributed by atoms with van der Waals surface area (Å²) in [7, 11) is 0. The molecule has 126 valence electrons. The van der Waals surface area contributed by atoms with Gasteiger partial charge in [0, 0.05) is 24.5 Å². The van der Waals surface area contributed by atoms with Gasteiger partial charge < -0.3 is 10.2 Å². The van der Waals surface area contributed by atoms with Gasteiger partial charge in [-0.05, 0) is 51.3 Å². The third kappa shape index (κ3) is 5.34. The van der Waals surface area contributed by atoms with Crippen LogP contribution in [0.5, 0.6) is 0 Å². The first-order chi connectivity index (χ1) is 10.7. The third-order valence-corrected chi connectivity index (χ3v) is 3.99. The molecule has 0 aromatic heterocycles. The van der Waals surface area contributed by atoms with Crippen molar-refractivity contribution in [2.45, 2.75) is 45.6 Å². The van der Waals surface area contributed by atoms with Gasteiger partial charge in [-0.15, -0.1) is 0 Å². The molecular formula is C18H25FN2O2. The summed E-state index contributed by atoms with van der Waals surface area (Å²) in [5, 5.41) is 3.00. The zero-order valence-corrected chi connectivity index (χ0v) is 14.1. The van der Waals surface area contributed by atoms with Gasteiger partial charge >= 0.3 is 0 Å². The van der Waals surface area contributed by atoms with Gasteiger partial charge in [0.05, 0.1) is 6.42 Å². The molecule has 0 unspecified atom stereocenters. The van der Waals surface area contributed by atoms with E-state index in [1.54, 1.807) is 17.0 Å². The molecule has 23 heavy (non-hydrogen) atoms. The van der Waals surface area contributed by atoms with E-state index in [0.717, 1.165) is 5.56 Å². The standard InChI is InChI=1S/C18H25FN2O2/c1-18(2,3)20-17(23)14-8-10-21(11-9-14)16(22)12-13-4-6-15(19)7-5-13/h4-7,14H,8-12H2,1-3H3,(H,20,23). The molecule has 1 aliphatic heterocycles. The Balaban J connectivity index is 1.83. The van der Waals surface area contributed by atoms with Crippen LogP contribution in [0.15, 0.2) is 24.3 Å². The van der Waals surface area contributed by atoms with Crippen LogP contribution < -0.4 is 5.32 Å². The Labute approximate surface area is 137 Å². The highest BCUT2D eigenvalue weighted by Gasteiger charge is 2.28. The molecule has 1 aromatic carbocycles. The van der Waals surface area contributed by atoms with Gasteiger partial charge in [-0.25, -0.2) is 4.39 Å². The maximum absolute atomic E-state index is 12.9. The molecule has 0 aliphatic carbocycles. The summed E-state index contributed by atoms with van der Waals surface area (Å²) < 4.78 is 12.9. The van der Waals surface area contributed by atoms with E-state index in [1.165, 1.54) is 12.1 Å². The molecule has 5 heteroatoms. The van der Waals surface area contributed by atoms with Crippen molar-refractivity contribution in [3.63, 3.8) is 0 Å². The third-order valence-electron chi connectivity index (χ3n) is 3.99. The van der Waals surface area contributed by atoms with Crippen LogP contribution in [0.3, 0.4) is 0 Å². The summed E-state index contributed by atoms with van der Waals surface area (Å²) in [6.45, 7) is 7.09. The first-order valence-corrected chi connectivity index (χ1v) is 8.09. The van der Waals surface area contributed by atoms with Crippen LogP contribution in [-0.4, -0.2) is 35.3 Å². The molecule has 0 atom stereocenters. The number of benzene rings is 1. The number of amides is 2. The monoisotopic (exact) mass is 320 g/mol. The van der Waals surface area contributed by atoms with Crippen molar-refractivity contribution in [1.29, 1.82) is 0 Å². The average molecular weight is 320 g/mol. The van der Waals surface area contributed by atoms with E-state index < -0.39 is 0 Å². The molecular weight excluding hydrogens is 295 g/mol. The normalized spacial score (nSPS) is 16.3. The predicted octanol–water partition coefficient (Wildman–Crippen LogP) is 2.52. The van der Waals surface area contributed by atoms with Crippen molar-refractivity contribution in [2.24, 2.45) is 5.92 Å². The van der Waals surface area contributed by atoms with Crippen LogP contribution >= 0.6 is 0 Å². The lowest BCUT2D eigenvalue weighted by Crippen LogP contribution is -2.48. The minimum Gasteiger partial charge on any atom is -0.351 e. The van der Waals surface area contributed by atoms with E-state index in [0.29, 0.717) is 25.9 Å². The molecule has 0 saturated carbocycles. The van der Waals surface area contributed by atoms with Crippen molar-refractivity contribution < 1.29 is 14.0 Å². The van der Waals surface area contributed by atoms with Crippen LogP contribution in [0.25, 0.3) is 0 Å². The smallest absolute Gasteiger partial charge is 0.226 e. The minimum atomic E-state index is -0.299. The average Bonchev–Trinajstić information content (AvgIpc) is 2.48. The fourth-order valence-electron chi connectivity index (χ4n) is 2.75. The second kappa shape index (κ2) is 7.11. The zero-order valence-electron chi connectivity index (χ0n) is 14.1. The summed E-state index contributed by atoms with van der Waals surface area (Å²) in [6.07, 6.45) is 1.66. The van der Waals surface area contributed by atoms with Gasteiger partial charge in [-0.3, -0.25) is 9.59 Å². The van der Waals surface area contributed by atoms with E-state index in [4.69, 9.17) is 0 Å². The molecule has 1 heterocycles. The van der Waals surface area contributed by atoms with E-state index in [2.05, 4.69) is 5.32 Å². The van der Waals surface area contributed by atoms with Crippen LogP contribution in [0.2, 0.25) is 0 Å². The highest BCUT2D eigenvalue weighted by molar-refractivity contribution is 5.81. The van der Waals surface area contributed by atoms with Gasteiger partial charge in [0.15, 0.2) is 0 Å². The zero-order chi connectivity index (χ0) is 17.0. The number of hydrogen-bond acceptors (Lipinski definition) is 2. The van der Waals surface area contributed by atoms with Gasteiger partial charge in [0.25, 0.3) is 0 Å². The van der Waals surface area contributed by atoms with E-state index >= 15 is 0 Å². The first kappa shape index (κ1) is 17.4. The summed E-state index contributed by atoms with van der Waals surface area (Å²) in [5.41, 5.74) is 0.580. The number of nitrogens with zero attached hydrogens (tertiary/aromatic N) is 1. The number of carbonyl (C=O) groups excluding carboxylic acids is 2. The quantitative estimate of drug-likeness (QED) is 0.930. The van der Waals surface area contributed by atoms with Crippen LogP contribution in [-0.2, 0) is 16.0 Å². The molecule has 2 rings (SSSR count). The second-order valence-electron chi connectivity index (χ2n) is 7.20. The van der Waals surface area contributed by atoms with Gasteiger partial charge in [0.1, 0.15) is 5.82 Å². The lowest BCUT2D eigenvalue weighted by atomic mass is 9.94. The maximum atomic E-state index is 12.9. The van der Waals surface area contributed by atoms with Gasteiger partial charge in [-0.2, -0.15) is 0 Å². The van der Waals surface area contributed by atoms with Crippen molar-refractivity contribution in [3.05, 3.63) is 35.6 Å². The molecule has 1 aliphatic rings. The Kier molecular flexibility index (Phi) is 5.39. The highest BCUT2D eigenvalue weighted by Crippen LogP contribution is 2.19. The molecule has 0 spiro atoms. The largest absolute Gasteiger partial charge is 0.351 e. The number of carbonyl (C=O) groups is 2. The minimum absolute atomic E-state index is 0.0240. The number of rotatable bonds is 3. The van der Waals surface area contributed by atoms with Crippen molar-refractivity contribution in [1.82, 2.24) is 10.2 Å². The highest BCUT2D eigenvalue weighted by atomic mass is 19.1. The topological polar surface area (TPSA) is 49.4 Å². The number of piperidine rings is 1. The fraction of sp³-hybridized carbons (Fsp3) is 0.556. The molecule has 1 fully saturated rings. The molecule has 0 bridgehead atoms. The molecule has 1 aromatic rings. The molecule has 1 saturated heterocycles. The number of hydrogen-bond donors (Lipinski definition) is 1. The molecule has 1 N–H and O–H groups in total. The van der Waals surface area contributed by atoms with Gasteiger partial charge in [0.2, 0.25) is 11.8 Å². The first-order valence-electron chi connectivity index (χ1n) is 8.09. The summed E-state index contributed by atoms with van der Waals surface area (Å²) >= 11 is 0. The summed E-state index contributed by atoms with van der Waals surface area (Å²) in [6, 6.07) is 6.00. The number of halogens is 1. The van der Waals surface area contributed by atoms with Crippen molar-refractivity contribution in [2.75, 3.05) is 13.1 Å². The summed E-state index contributed by atoms with van der Waals surface area (Å²) in [4.78, 5) is 26.2. The lowest BCUT2D eigenvalue weighted by Gasteiger charge is -2.33. The second-order valence-corrected chi connectivity index (χ2v) is 7.20. The number of likely N-dealkylation sites (tertiary alicyclic amines) is 1. The fourth-order valence-corrected chi connectivity index (χ4v) is 2.75. The van der Waals surface area contributed by atoms with Gasteiger partial charge in [-0.1, -0.05) is 12.1 Å². The van der Waals surface area contributed by atoms with Crippen LogP contribution in [0, 0.1) is 11.7 Å². The van der Waals surface area contributed by atoms with Crippen LogP contribution in [0.4, 0.5) is 4.39 Å². The van der Waals surface area contributed by atoms with Crippen LogP contribution in [0.1, 0.15) is 39.2 Å². The van der Waals surface area contributed by atoms with E-state index in [9.17, 15) is 14.0 Å². The predicted molar refractivity (Wildman–Crippen MR) is 87.3 cm³/mol. The molecule has 4 nitrogen and oxygen atoms in total. The SMILES string of the molecule is CC(C)(C)NC(=O)C1CCN(C(=O)Cc2ccc(F)cc2)CC1. The van der Waals surface area contributed by atoms with Crippen molar-refractivity contribution in [3.8, 4) is 0 Å². The van der Waals surface area contributed by atoms with Crippen molar-refractivity contribution >= 4 is 11.8 Å². The summed E-state index contributed by atoms with van der Waals surface area (Å²) in [5.74, 6) is -0.217. The molecule has 0 radical (unpaired) electrons. The Morgan fingerprint density at radius 3 is 2.26 bits per heavy atom.